The molecular formula is C17H25N5O2. The van der Waals surface area contributed by atoms with Crippen LogP contribution in [0.25, 0.3) is 0 Å². The topological polar surface area (TPSA) is 71.3 Å². The highest BCUT2D eigenvalue weighted by molar-refractivity contribution is 5.80. The van der Waals surface area contributed by atoms with E-state index in [0.29, 0.717) is 24.0 Å². The summed E-state index contributed by atoms with van der Waals surface area (Å²) in [5, 5.41) is 8.57. The third kappa shape index (κ3) is 2.70. The zero-order valence-corrected chi connectivity index (χ0v) is 14.2. The molecule has 1 aromatic rings. The molecule has 3 saturated heterocycles. The molecular weight excluding hydrogens is 306 g/mol. The van der Waals surface area contributed by atoms with Crippen LogP contribution >= 0.6 is 0 Å². The minimum Gasteiger partial charge on any atom is -0.343 e. The Morgan fingerprint density at radius 3 is 2.04 bits per heavy atom. The summed E-state index contributed by atoms with van der Waals surface area (Å²) < 4.78 is 0. The van der Waals surface area contributed by atoms with E-state index in [4.69, 9.17) is 0 Å². The van der Waals surface area contributed by atoms with Gasteiger partial charge in [-0.05, 0) is 38.5 Å². The van der Waals surface area contributed by atoms with Crippen molar-refractivity contribution in [3.8, 4) is 0 Å². The summed E-state index contributed by atoms with van der Waals surface area (Å²) in [5.74, 6) is 0.522. The number of piperidine rings is 2. The monoisotopic (exact) mass is 331 g/mol. The van der Waals surface area contributed by atoms with Crippen LogP contribution in [-0.2, 0) is 9.59 Å². The van der Waals surface area contributed by atoms with Crippen molar-refractivity contribution < 1.29 is 9.59 Å². The minimum absolute atomic E-state index is 0.0862. The number of rotatable bonds is 2. The molecule has 3 aliphatic rings. The molecule has 2 amide bonds. The molecule has 2 bridgehead atoms. The van der Waals surface area contributed by atoms with Crippen LogP contribution < -0.4 is 0 Å². The molecule has 0 spiro atoms. The second kappa shape index (κ2) is 6.18. The van der Waals surface area contributed by atoms with E-state index >= 15 is 0 Å². The molecule has 1 aromatic heterocycles. The molecule has 0 aromatic carbocycles. The Labute approximate surface area is 142 Å². The van der Waals surface area contributed by atoms with Gasteiger partial charge in [0.05, 0.1) is 18.4 Å². The maximum atomic E-state index is 13.1. The van der Waals surface area contributed by atoms with Gasteiger partial charge in [-0.2, -0.15) is 15.0 Å². The van der Waals surface area contributed by atoms with Crippen molar-refractivity contribution in [3.05, 3.63) is 12.4 Å². The highest BCUT2D eigenvalue weighted by atomic mass is 16.2. The van der Waals surface area contributed by atoms with E-state index in [0.717, 1.165) is 51.6 Å². The molecule has 0 unspecified atom stereocenters. The van der Waals surface area contributed by atoms with Gasteiger partial charge in [0.25, 0.3) is 0 Å². The van der Waals surface area contributed by atoms with Crippen LogP contribution in [-0.4, -0.2) is 61.8 Å². The molecule has 0 N–H and O–H groups in total. The maximum absolute atomic E-state index is 13.1. The first-order chi connectivity index (χ1) is 11.6. The number of hydrogen-bond donors (Lipinski definition) is 0. The predicted molar refractivity (Wildman–Crippen MR) is 86.9 cm³/mol. The maximum Gasteiger partial charge on any atom is 0.226 e. The van der Waals surface area contributed by atoms with Gasteiger partial charge in [-0.15, -0.1) is 0 Å². The molecule has 7 heteroatoms. The average molecular weight is 331 g/mol. The summed E-state index contributed by atoms with van der Waals surface area (Å²) in [6.07, 6.45) is 9.18. The number of amides is 2. The van der Waals surface area contributed by atoms with Gasteiger partial charge in [0, 0.05) is 38.0 Å². The highest BCUT2D eigenvalue weighted by Crippen LogP contribution is 2.41. The SMILES string of the molecule is CC(=O)N1CCC(C(=O)N2[C@H]3CC[C@H]2CC(n2nccn2)C3)CC1. The fraction of sp³-hybridized carbons (Fsp3) is 0.765. The van der Waals surface area contributed by atoms with Crippen LogP contribution in [0.1, 0.15) is 51.5 Å². The average Bonchev–Trinajstić information content (AvgIpc) is 3.21. The van der Waals surface area contributed by atoms with Crippen LogP contribution in [0.15, 0.2) is 12.4 Å². The Morgan fingerprint density at radius 1 is 0.917 bits per heavy atom. The van der Waals surface area contributed by atoms with Gasteiger partial charge in [-0.3, -0.25) is 9.59 Å². The molecule has 0 radical (unpaired) electrons. The van der Waals surface area contributed by atoms with Crippen molar-refractivity contribution in [1.82, 2.24) is 24.8 Å². The smallest absolute Gasteiger partial charge is 0.226 e. The lowest BCUT2D eigenvalue weighted by molar-refractivity contribution is -0.144. The molecule has 7 nitrogen and oxygen atoms in total. The Bertz CT molecular complexity index is 595. The van der Waals surface area contributed by atoms with Crippen LogP contribution in [0, 0.1) is 5.92 Å². The fourth-order valence-corrected chi connectivity index (χ4v) is 4.76. The predicted octanol–water partition coefficient (Wildman–Crippen LogP) is 1.23. The van der Waals surface area contributed by atoms with Crippen molar-refractivity contribution in [2.45, 2.75) is 63.6 Å². The van der Waals surface area contributed by atoms with Gasteiger partial charge in [-0.25, -0.2) is 0 Å². The van der Waals surface area contributed by atoms with Gasteiger partial charge >= 0.3 is 0 Å². The second-order valence-corrected chi connectivity index (χ2v) is 7.39. The van der Waals surface area contributed by atoms with Crippen LogP contribution in [0.3, 0.4) is 0 Å². The van der Waals surface area contributed by atoms with E-state index in [-0.39, 0.29) is 11.8 Å². The standard InChI is InChI=1S/C17H25N5O2/c1-12(23)20-8-4-13(5-9-20)17(24)21-14-2-3-15(21)11-16(10-14)22-18-6-7-19-22/h6-7,13-16H,2-5,8-11H2,1H3/t14-,15-/m0/s1. The van der Waals surface area contributed by atoms with Crippen molar-refractivity contribution in [2.75, 3.05) is 13.1 Å². The Morgan fingerprint density at radius 2 is 1.50 bits per heavy atom. The normalized spacial score (nSPS) is 30.6. The van der Waals surface area contributed by atoms with Crippen molar-refractivity contribution in [1.29, 1.82) is 0 Å². The van der Waals surface area contributed by atoms with Gasteiger partial charge in [0.2, 0.25) is 11.8 Å². The highest BCUT2D eigenvalue weighted by Gasteiger charge is 2.46. The van der Waals surface area contributed by atoms with Crippen molar-refractivity contribution >= 4 is 11.8 Å². The lowest BCUT2D eigenvalue weighted by Gasteiger charge is -2.41. The molecule has 3 fully saturated rings. The fourth-order valence-electron chi connectivity index (χ4n) is 4.76. The summed E-state index contributed by atoms with van der Waals surface area (Å²) in [5.41, 5.74) is 0. The number of fused-ring (bicyclic) bond motifs is 2. The molecule has 4 rings (SSSR count). The van der Waals surface area contributed by atoms with E-state index in [1.165, 1.54) is 0 Å². The largest absolute Gasteiger partial charge is 0.343 e. The molecule has 2 atom stereocenters. The molecule has 0 aliphatic carbocycles. The first kappa shape index (κ1) is 15.6. The van der Waals surface area contributed by atoms with E-state index in [1.54, 1.807) is 19.3 Å². The lowest BCUT2D eigenvalue weighted by Crippen LogP contribution is -2.51. The van der Waals surface area contributed by atoms with E-state index in [9.17, 15) is 9.59 Å². The first-order valence-corrected chi connectivity index (χ1v) is 9.07. The Kier molecular flexibility index (Phi) is 4.02. The number of nitrogens with zero attached hydrogens (tertiary/aromatic N) is 5. The van der Waals surface area contributed by atoms with E-state index in [1.807, 2.05) is 9.70 Å². The molecule has 4 heterocycles. The third-order valence-corrected chi connectivity index (χ3v) is 6.02. The van der Waals surface area contributed by atoms with Gasteiger partial charge in [-0.1, -0.05) is 0 Å². The quantitative estimate of drug-likeness (QED) is 0.817. The number of aromatic nitrogens is 3. The summed E-state index contributed by atoms with van der Waals surface area (Å²) in [6, 6.07) is 0.984. The van der Waals surface area contributed by atoms with E-state index < -0.39 is 0 Å². The summed E-state index contributed by atoms with van der Waals surface area (Å²) in [4.78, 5) is 30.4. The summed E-state index contributed by atoms with van der Waals surface area (Å²) in [6.45, 7) is 3.04. The van der Waals surface area contributed by atoms with Gasteiger partial charge < -0.3 is 9.80 Å². The number of likely N-dealkylation sites (tertiary alicyclic amines) is 1. The van der Waals surface area contributed by atoms with Gasteiger partial charge in [0.1, 0.15) is 0 Å². The number of carbonyl (C=O) groups excluding carboxylic acids is 2. The zero-order chi connectivity index (χ0) is 16.7. The van der Waals surface area contributed by atoms with Crippen LogP contribution in [0.2, 0.25) is 0 Å². The van der Waals surface area contributed by atoms with Crippen LogP contribution in [0.4, 0.5) is 0 Å². The third-order valence-electron chi connectivity index (χ3n) is 6.02. The Balaban J connectivity index is 1.41. The van der Waals surface area contributed by atoms with Gasteiger partial charge in [0.15, 0.2) is 0 Å². The summed E-state index contributed by atoms with van der Waals surface area (Å²) >= 11 is 0. The Hall–Kier alpha value is -1.92. The van der Waals surface area contributed by atoms with Crippen LogP contribution in [0.5, 0.6) is 0 Å². The zero-order valence-electron chi connectivity index (χ0n) is 14.2. The first-order valence-electron chi connectivity index (χ1n) is 9.07. The molecule has 3 aliphatic heterocycles. The molecule has 24 heavy (non-hydrogen) atoms. The van der Waals surface area contributed by atoms with E-state index in [2.05, 4.69) is 15.1 Å². The molecule has 130 valence electrons. The summed E-state index contributed by atoms with van der Waals surface area (Å²) in [7, 11) is 0. The number of hydrogen-bond acceptors (Lipinski definition) is 4. The van der Waals surface area contributed by atoms with Crippen molar-refractivity contribution in [2.24, 2.45) is 5.92 Å². The second-order valence-electron chi connectivity index (χ2n) is 7.39. The van der Waals surface area contributed by atoms with Crippen molar-refractivity contribution in [3.63, 3.8) is 0 Å². The molecule has 0 saturated carbocycles. The number of carbonyl (C=O) groups is 2. The lowest BCUT2D eigenvalue weighted by atomic mass is 9.91. The minimum atomic E-state index is 0.0862.